The van der Waals surface area contributed by atoms with Crippen molar-refractivity contribution in [3.63, 3.8) is 0 Å². The first kappa shape index (κ1) is 11.7. The largest absolute Gasteiger partial charge is 0.507 e. The van der Waals surface area contributed by atoms with E-state index in [4.69, 9.17) is 4.74 Å². The number of methoxy groups -OCH3 is 1. The molecule has 3 nitrogen and oxygen atoms in total. The molecule has 0 aliphatic heterocycles. The van der Waals surface area contributed by atoms with Crippen LogP contribution < -0.4 is 4.74 Å². The lowest BCUT2D eigenvalue weighted by molar-refractivity contribution is 0.405. The highest BCUT2D eigenvalue weighted by molar-refractivity contribution is 7.85. The lowest BCUT2D eigenvalue weighted by atomic mass is 10.3. The van der Waals surface area contributed by atoms with Crippen molar-refractivity contribution in [2.75, 3.05) is 7.11 Å². The van der Waals surface area contributed by atoms with Crippen molar-refractivity contribution in [1.82, 2.24) is 0 Å². The van der Waals surface area contributed by atoms with E-state index in [-0.39, 0.29) is 5.75 Å². The molecule has 0 saturated heterocycles. The lowest BCUT2D eigenvalue weighted by Gasteiger charge is -2.06. The molecule has 0 bridgehead atoms. The highest BCUT2D eigenvalue weighted by Crippen LogP contribution is 2.28. The van der Waals surface area contributed by atoms with Gasteiger partial charge in [-0.15, -0.1) is 0 Å². The van der Waals surface area contributed by atoms with Crippen molar-refractivity contribution < 1.29 is 14.1 Å². The van der Waals surface area contributed by atoms with Gasteiger partial charge in [0.1, 0.15) is 11.5 Å². The fraction of sp³-hybridized carbons (Fsp3) is 0.0769. The third-order valence-electron chi connectivity index (χ3n) is 2.32. The quantitative estimate of drug-likeness (QED) is 0.908. The van der Waals surface area contributed by atoms with Gasteiger partial charge < -0.3 is 9.84 Å². The standard InChI is InChI=1S/C13H12O3S/c1-16-10-7-8-13(12(14)9-10)17(15)11-5-3-2-4-6-11/h2-9,14H,1H3. The molecule has 2 rings (SSSR count). The number of aromatic hydroxyl groups is 1. The Labute approximate surface area is 102 Å². The number of benzene rings is 2. The number of hydrogen-bond donors (Lipinski definition) is 1. The predicted octanol–water partition coefficient (Wildman–Crippen LogP) is 2.57. The van der Waals surface area contributed by atoms with E-state index >= 15 is 0 Å². The predicted molar refractivity (Wildman–Crippen MR) is 65.8 cm³/mol. The molecule has 2 aromatic carbocycles. The van der Waals surface area contributed by atoms with Gasteiger partial charge in [0.25, 0.3) is 0 Å². The maximum Gasteiger partial charge on any atom is 0.135 e. The van der Waals surface area contributed by atoms with Crippen LogP contribution in [0.4, 0.5) is 0 Å². The minimum Gasteiger partial charge on any atom is -0.507 e. The number of phenolic OH excluding ortho intramolecular Hbond substituents is 1. The fourth-order valence-corrected chi connectivity index (χ4v) is 2.55. The van der Waals surface area contributed by atoms with Crippen LogP contribution in [0, 0.1) is 0 Å². The highest BCUT2D eigenvalue weighted by atomic mass is 32.2. The maximum absolute atomic E-state index is 12.2. The van der Waals surface area contributed by atoms with Gasteiger partial charge >= 0.3 is 0 Å². The Morgan fingerprint density at radius 3 is 2.41 bits per heavy atom. The van der Waals surface area contributed by atoms with Gasteiger partial charge in [-0.05, 0) is 24.3 Å². The van der Waals surface area contributed by atoms with E-state index in [2.05, 4.69) is 0 Å². The molecule has 0 amide bonds. The smallest absolute Gasteiger partial charge is 0.135 e. The molecule has 0 saturated carbocycles. The van der Waals surface area contributed by atoms with Crippen molar-refractivity contribution >= 4 is 10.8 Å². The second-order valence-corrected chi connectivity index (χ2v) is 4.86. The summed E-state index contributed by atoms with van der Waals surface area (Å²) < 4.78 is 17.2. The van der Waals surface area contributed by atoms with Crippen LogP contribution in [0.2, 0.25) is 0 Å². The summed E-state index contributed by atoms with van der Waals surface area (Å²) in [7, 11) is 0.142. The van der Waals surface area contributed by atoms with Crippen LogP contribution in [0.1, 0.15) is 0 Å². The molecule has 0 radical (unpaired) electrons. The molecule has 0 heterocycles. The zero-order valence-corrected chi connectivity index (χ0v) is 10.1. The van der Waals surface area contributed by atoms with E-state index < -0.39 is 10.8 Å². The Kier molecular flexibility index (Phi) is 3.44. The second kappa shape index (κ2) is 5.01. The third-order valence-corrected chi connectivity index (χ3v) is 3.77. The van der Waals surface area contributed by atoms with Gasteiger partial charge in [-0.25, -0.2) is 4.21 Å². The molecule has 1 atom stereocenters. The van der Waals surface area contributed by atoms with E-state index in [9.17, 15) is 9.32 Å². The lowest BCUT2D eigenvalue weighted by Crippen LogP contribution is -1.93. The third kappa shape index (κ3) is 2.47. The summed E-state index contributed by atoms with van der Waals surface area (Å²) in [6.07, 6.45) is 0. The number of ether oxygens (including phenoxy) is 1. The summed E-state index contributed by atoms with van der Waals surface area (Å²) in [5, 5.41) is 9.78. The maximum atomic E-state index is 12.2. The van der Waals surface area contributed by atoms with E-state index in [1.165, 1.54) is 13.2 Å². The van der Waals surface area contributed by atoms with Crippen molar-refractivity contribution in [3.05, 3.63) is 48.5 Å². The van der Waals surface area contributed by atoms with Crippen LogP contribution in [0.15, 0.2) is 58.3 Å². The molecule has 4 heteroatoms. The molecular weight excluding hydrogens is 236 g/mol. The first-order chi connectivity index (χ1) is 8.22. The Morgan fingerprint density at radius 1 is 1.12 bits per heavy atom. The Hall–Kier alpha value is -1.81. The minimum atomic E-state index is -1.37. The van der Waals surface area contributed by atoms with Gasteiger partial charge in [0, 0.05) is 11.0 Å². The summed E-state index contributed by atoms with van der Waals surface area (Å²) in [6, 6.07) is 13.7. The monoisotopic (exact) mass is 248 g/mol. The number of hydrogen-bond acceptors (Lipinski definition) is 3. The first-order valence-corrected chi connectivity index (χ1v) is 6.21. The van der Waals surface area contributed by atoms with Crippen LogP contribution in [-0.4, -0.2) is 16.4 Å². The molecule has 1 N–H and O–H groups in total. The van der Waals surface area contributed by atoms with E-state index in [0.717, 1.165) is 0 Å². The molecule has 88 valence electrons. The van der Waals surface area contributed by atoms with Crippen LogP contribution in [0.25, 0.3) is 0 Å². The summed E-state index contributed by atoms with van der Waals surface area (Å²) in [5.41, 5.74) is 0. The SMILES string of the molecule is COc1ccc(S(=O)c2ccccc2)c(O)c1. The molecule has 0 aliphatic rings. The van der Waals surface area contributed by atoms with Gasteiger partial charge in [0.15, 0.2) is 0 Å². The van der Waals surface area contributed by atoms with Crippen LogP contribution in [-0.2, 0) is 10.8 Å². The first-order valence-electron chi connectivity index (χ1n) is 5.06. The summed E-state index contributed by atoms with van der Waals surface area (Å²) in [5.74, 6) is 0.517. The Balaban J connectivity index is 2.38. The second-order valence-electron chi connectivity index (χ2n) is 3.42. The fourth-order valence-electron chi connectivity index (χ4n) is 1.45. The Bertz CT molecular complexity index is 538. The van der Waals surface area contributed by atoms with Crippen molar-refractivity contribution in [2.24, 2.45) is 0 Å². The Morgan fingerprint density at radius 2 is 1.82 bits per heavy atom. The van der Waals surface area contributed by atoms with E-state index in [1.807, 2.05) is 18.2 Å². The summed E-state index contributed by atoms with van der Waals surface area (Å²) >= 11 is 0. The van der Waals surface area contributed by atoms with Crippen molar-refractivity contribution in [1.29, 1.82) is 0 Å². The van der Waals surface area contributed by atoms with Crippen LogP contribution >= 0.6 is 0 Å². The average Bonchev–Trinajstić information content (AvgIpc) is 2.39. The minimum absolute atomic E-state index is 0.0217. The summed E-state index contributed by atoms with van der Waals surface area (Å²) in [4.78, 5) is 1.05. The number of phenols is 1. The number of rotatable bonds is 3. The van der Waals surface area contributed by atoms with Gasteiger partial charge in [0.05, 0.1) is 22.8 Å². The molecule has 0 fully saturated rings. The molecule has 0 aromatic heterocycles. The summed E-state index contributed by atoms with van der Waals surface area (Å²) in [6.45, 7) is 0. The van der Waals surface area contributed by atoms with E-state index in [1.54, 1.807) is 24.3 Å². The van der Waals surface area contributed by atoms with Crippen molar-refractivity contribution in [3.8, 4) is 11.5 Å². The topological polar surface area (TPSA) is 46.5 Å². The van der Waals surface area contributed by atoms with Gasteiger partial charge in [-0.2, -0.15) is 0 Å². The molecule has 0 spiro atoms. The zero-order valence-electron chi connectivity index (χ0n) is 9.29. The highest BCUT2D eigenvalue weighted by Gasteiger charge is 2.12. The molecule has 1 unspecified atom stereocenters. The van der Waals surface area contributed by atoms with E-state index in [0.29, 0.717) is 15.5 Å². The zero-order chi connectivity index (χ0) is 12.3. The van der Waals surface area contributed by atoms with Crippen LogP contribution in [0.5, 0.6) is 11.5 Å². The van der Waals surface area contributed by atoms with Gasteiger partial charge in [-0.1, -0.05) is 18.2 Å². The van der Waals surface area contributed by atoms with Crippen molar-refractivity contribution in [2.45, 2.75) is 9.79 Å². The van der Waals surface area contributed by atoms with Gasteiger partial charge in [0.2, 0.25) is 0 Å². The molecule has 2 aromatic rings. The normalized spacial score (nSPS) is 12.1. The molecular formula is C13H12O3S. The molecule has 17 heavy (non-hydrogen) atoms. The molecule has 0 aliphatic carbocycles. The van der Waals surface area contributed by atoms with Gasteiger partial charge in [-0.3, -0.25) is 0 Å². The van der Waals surface area contributed by atoms with Crippen LogP contribution in [0.3, 0.4) is 0 Å². The average molecular weight is 248 g/mol.